The second-order valence-corrected chi connectivity index (χ2v) is 9.37. The van der Waals surface area contributed by atoms with Crippen molar-refractivity contribution in [3.05, 3.63) is 72.6 Å². The van der Waals surface area contributed by atoms with Gasteiger partial charge < -0.3 is 25.0 Å². The highest BCUT2D eigenvalue weighted by Crippen LogP contribution is 2.31. The Kier molecular flexibility index (Phi) is 8.89. The minimum Gasteiger partial charge on any atom is -0.452 e. The average molecular weight is 563 g/mol. The molecule has 2 aromatic carbocycles. The zero-order chi connectivity index (χ0) is 28.6. The number of unbranched alkanes of at least 4 members (excludes halogenated alkanes) is 1. The number of aromatic nitrogens is 3. The Morgan fingerprint density at radius 1 is 0.878 bits per heavy atom. The fraction of sp³-hybridized carbons (Fsp3) is 0.276. The van der Waals surface area contributed by atoms with Crippen molar-refractivity contribution in [3.8, 4) is 11.5 Å². The molecule has 0 bridgehead atoms. The molecule has 1 aliphatic rings. The lowest BCUT2D eigenvalue weighted by Gasteiger charge is -2.27. The number of amides is 2. The van der Waals surface area contributed by atoms with Gasteiger partial charge in [-0.05, 0) is 49.2 Å². The van der Waals surface area contributed by atoms with Crippen molar-refractivity contribution < 1.29 is 27.8 Å². The Hall–Kier alpha value is -4.71. The maximum Gasteiger partial charge on any atom is 0.224 e. The SMILES string of the molecule is O=C(CCCCC(=O)Nc1ccc(Oc2ccnc3nc(N4CCOCC4)cnc23)c(F)c1)Nc1ccc(F)cc1. The van der Waals surface area contributed by atoms with Crippen LogP contribution < -0.4 is 20.3 Å². The number of carbonyl (C=O) groups excluding carboxylic acids is 2. The number of hydrogen-bond donors (Lipinski definition) is 2. The molecule has 1 fully saturated rings. The van der Waals surface area contributed by atoms with Crippen LogP contribution in [0, 0.1) is 11.6 Å². The van der Waals surface area contributed by atoms with E-state index in [1.165, 1.54) is 48.7 Å². The first-order chi connectivity index (χ1) is 19.9. The Morgan fingerprint density at radius 2 is 1.56 bits per heavy atom. The first-order valence-electron chi connectivity index (χ1n) is 13.2. The number of carbonyl (C=O) groups is 2. The predicted molar refractivity (Wildman–Crippen MR) is 149 cm³/mol. The van der Waals surface area contributed by atoms with E-state index >= 15 is 0 Å². The summed E-state index contributed by atoms with van der Waals surface area (Å²) in [5.41, 5.74) is 1.56. The molecule has 1 aliphatic heterocycles. The van der Waals surface area contributed by atoms with Crippen LogP contribution in [0.25, 0.3) is 11.2 Å². The van der Waals surface area contributed by atoms with Gasteiger partial charge in [-0.25, -0.2) is 23.7 Å². The molecule has 2 aromatic heterocycles. The van der Waals surface area contributed by atoms with E-state index in [-0.39, 0.29) is 41.9 Å². The number of nitrogens with one attached hydrogen (secondary N) is 2. The molecule has 0 atom stereocenters. The summed E-state index contributed by atoms with van der Waals surface area (Å²) in [6.07, 6.45) is 4.49. The molecule has 0 spiro atoms. The van der Waals surface area contributed by atoms with Crippen LogP contribution in [0.4, 0.5) is 26.0 Å². The number of anilines is 3. The summed E-state index contributed by atoms with van der Waals surface area (Å²) in [6.45, 7) is 2.65. The number of pyridine rings is 1. The van der Waals surface area contributed by atoms with Crippen LogP contribution in [-0.4, -0.2) is 53.1 Å². The third-order valence-electron chi connectivity index (χ3n) is 6.35. The maximum atomic E-state index is 14.9. The van der Waals surface area contributed by atoms with Crippen LogP contribution >= 0.6 is 0 Å². The van der Waals surface area contributed by atoms with Crippen LogP contribution in [0.1, 0.15) is 25.7 Å². The molecule has 3 heterocycles. The Bertz CT molecular complexity index is 1530. The highest BCUT2D eigenvalue weighted by atomic mass is 19.1. The standard InChI is InChI=1S/C29H28F2N6O4/c30-19-5-7-20(8-6-19)34-26(38)3-1-2-4-27(39)35-21-9-10-23(22(31)17-21)41-24-11-12-32-29-28(24)33-18-25(36-29)37-13-15-40-16-14-37/h5-12,17-18H,1-4,13-16H2,(H,34,38)(H,35,39). The molecule has 2 N–H and O–H groups in total. The monoisotopic (exact) mass is 562 g/mol. The van der Waals surface area contributed by atoms with Crippen LogP contribution in [0.15, 0.2) is 60.9 Å². The quantitative estimate of drug-likeness (QED) is 0.257. The minimum atomic E-state index is -0.664. The maximum absolute atomic E-state index is 14.9. The topological polar surface area (TPSA) is 119 Å². The van der Waals surface area contributed by atoms with E-state index in [0.29, 0.717) is 67.6 Å². The van der Waals surface area contributed by atoms with Crippen LogP contribution in [0.2, 0.25) is 0 Å². The van der Waals surface area contributed by atoms with Crippen LogP contribution in [-0.2, 0) is 14.3 Å². The molecule has 10 nitrogen and oxygen atoms in total. The predicted octanol–water partition coefficient (Wildman–Crippen LogP) is 5.07. The van der Waals surface area contributed by atoms with Crippen molar-refractivity contribution in [1.82, 2.24) is 15.0 Å². The molecule has 0 radical (unpaired) electrons. The molecule has 5 rings (SSSR count). The first-order valence-corrected chi connectivity index (χ1v) is 13.2. The number of rotatable bonds is 10. The number of benzene rings is 2. The highest BCUT2D eigenvalue weighted by Gasteiger charge is 2.16. The molecule has 0 saturated carbocycles. The number of fused-ring (bicyclic) bond motifs is 1. The van der Waals surface area contributed by atoms with Gasteiger partial charge in [0.1, 0.15) is 11.6 Å². The summed E-state index contributed by atoms with van der Waals surface area (Å²) in [6, 6.07) is 11.2. The smallest absolute Gasteiger partial charge is 0.224 e. The van der Waals surface area contributed by atoms with Gasteiger partial charge in [0.05, 0.1) is 19.4 Å². The fourth-order valence-corrected chi connectivity index (χ4v) is 4.25. The van der Waals surface area contributed by atoms with E-state index in [9.17, 15) is 18.4 Å². The van der Waals surface area contributed by atoms with Gasteiger partial charge in [-0.3, -0.25) is 9.59 Å². The van der Waals surface area contributed by atoms with Crippen molar-refractivity contribution in [2.75, 3.05) is 41.8 Å². The molecule has 12 heteroatoms. The van der Waals surface area contributed by atoms with Crippen molar-refractivity contribution >= 4 is 40.2 Å². The highest BCUT2D eigenvalue weighted by molar-refractivity contribution is 5.91. The van der Waals surface area contributed by atoms with Gasteiger partial charge in [0.15, 0.2) is 28.5 Å². The number of morpholine rings is 1. The van der Waals surface area contributed by atoms with Gasteiger partial charge in [0.2, 0.25) is 11.8 Å². The normalized spacial score (nSPS) is 13.2. The Labute approximate surface area is 234 Å². The van der Waals surface area contributed by atoms with Gasteiger partial charge in [-0.2, -0.15) is 0 Å². The van der Waals surface area contributed by atoms with E-state index in [4.69, 9.17) is 9.47 Å². The van der Waals surface area contributed by atoms with Gasteiger partial charge in [-0.1, -0.05) is 0 Å². The van der Waals surface area contributed by atoms with Crippen LogP contribution in [0.5, 0.6) is 11.5 Å². The van der Waals surface area contributed by atoms with Gasteiger partial charge >= 0.3 is 0 Å². The molecular weight excluding hydrogens is 534 g/mol. The van der Waals surface area contributed by atoms with E-state index in [0.717, 1.165) is 0 Å². The summed E-state index contributed by atoms with van der Waals surface area (Å²) in [5.74, 6) is -0.625. The largest absolute Gasteiger partial charge is 0.452 e. The van der Waals surface area contributed by atoms with Gasteiger partial charge in [0.25, 0.3) is 0 Å². The number of ether oxygens (including phenoxy) is 2. The van der Waals surface area contributed by atoms with Crippen LogP contribution in [0.3, 0.4) is 0 Å². The van der Waals surface area contributed by atoms with Crippen molar-refractivity contribution in [2.24, 2.45) is 0 Å². The van der Waals surface area contributed by atoms with Gasteiger partial charge in [0, 0.05) is 55.6 Å². The lowest BCUT2D eigenvalue weighted by atomic mass is 10.1. The third-order valence-corrected chi connectivity index (χ3v) is 6.35. The molecule has 41 heavy (non-hydrogen) atoms. The Morgan fingerprint density at radius 3 is 2.27 bits per heavy atom. The van der Waals surface area contributed by atoms with Crippen molar-refractivity contribution in [1.29, 1.82) is 0 Å². The summed E-state index contributed by atoms with van der Waals surface area (Å²) < 4.78 is 39.0. The molecular formula is C29H28F2N6O4. The molecule has 212 valence electrons. The second kappa shape index (κ2) is 13.1. The summed E-state index contributed by atoms with van der Waals surface area (Å²) in [4.78, 5) is 39.7. The zero-order valence-corrected chi connectivity index (χ0v) is 22.1. The fourth-order valence-electron chi connectivity index (χ4n) is 4.25. The lowest BCUT2D eigenvalue weighted by Crippen LogP contribution is -2.36. The van der Waals surface area contributed by atoms with E-state index in [1.54, 1.807) is 12.3 Å². The minimum absolute atomic E-state index is 0.0401. The zero-order valence-electron chi connectivity index (χ0n) is 22.1. The number of halogens is 2. The van der Waals surface area contributed by atoms with E-state index in [2.05, 4.69) is 30.5 Å². The summed E-state index contributed by atoms with van der Waals surface area (Å²) in [5, 5.41) is 5.33. The summed E-state index contributed by atoms with van der Waals surface area (Å²) in [7, 11) is 0. The van der Waals surface area contributed by atoms with E-state index < -0.39 is 5.82 Å². The first kappa shape index (κ1) is 27.8. The molecule has 2 amide bonds. The van der Waals surface area contributed by atoms with Gasteiger partial charge in [-0.15, -0.1) is 0 Å². The van der Waals surface area contributed by atoms with Crippen molar-refractivity contribution in [2.45, 2.75) is 25.7 Å². The Balaban J connectivity index is 1.12. The number of nitrogens with zero attached hydrogens (tertiary/aromatic N) is 4. The average Bonchev–Trinajstić information content (AvgIpc) is 2.98. The third kappa shape index (κ3) is 7.48. The molecule has 1 saturated heterocycles. The second-order valence-electron chi connectivity index (χ2n) is 9.37. The van der Waals surface area contributed by atoms with Crippen molar-refractivity contribution in [3.63, 3.8) is 0 Å². The number of hydrogen-bond acceptors (Lipinski definition) is 8. The molecule has 0 aliphatic carbocycles. The molecule has 4 aromatic rings. The lowest BCUT2D eigenvalue weighted by molar-refractivity contribution is -0.118. The summed E-state index contributed by atoms with van der Waals surface area (Å²) >= 11 is 0. The molecule has 0 unspecified atom stereocenters. The van der Waals surface area contributed by atoms with E-state index in [1.807, 2.05) is 0 Å².